The van der Waals surface area contributed by atoms with E-state index in [-0.39, 0.29) is 0 Å². The molecule has 0 N–H and O–H groups in total. The molecular formula is C55H58Br2N6+2. The van der Waals surface area contributed by atoms with Gasteiger partial charge in [-0.05, 0) is 132 Å². The van der Waals surface area contributed by atoms with Crippen LogP contribution in [0, 0.1) is 18.3 Å². The molecule has 63 heavy (non-hydrogen) atoms. The van der Waals surface area contributed by atoms with Gasteiger partial charge in [0.2, 0.25) is 17.1 Å². The summed E-state index contributed by atoms with van der Waals surface area (Å²) in [5.74, 6) is 0. The maximum atomic E-state index is 8.74. The van der Waals surface area contributed by atoms with Crippen LogP contribution in [0.2, 0.25) is 0 Å². The minimum absolute atomic E-state index is 0.626. The Balaban J connectivity index is 0.000000235. The van der Waals surface area contributed by atoms with Crippen molar-refractivity contribution in [2.75, 3.05) is 56.5 Å². The molecule has 0 aliphatic rings. The fraction of sp³-hybridized carbons (Fsp3) is 0.218. The molecule has 7 aromatic rings. The summed E-state index contributed by atoms with van der Waals surface area (Å²) in [5, 5.41) is 8.74. The number of aromatic nitrogens is 2. The molecule has 5 aromatic carbocycles. The van der Waals surface area contributed by atoms with E-state index in [1.807, 2.05) is 0 Å². The van der Waals surface area contributed by atoms with Gasteiger partial charge < -0.3 is 14.7 Å². The highest BCUT2D eigenvalue weighted by atomic mass is 79.9. The van der Waals surface area contributed by atoms with Crippen molar-refractivity contribution in [1.82, 2.24) is 0 Å². The van der Waals surface area contributed by atoms with Crippen LogP contribution >= 0.6 is 31.9 Å². The number of rotatable bonds is 13. The number of nitriles is 1. The lowest BCUT2D eigenvalue weighted by Crippen LogP contribution is -2.34. The Morgan fingerprint density at radius 1 is 0.508 bits per heavy atom. The minimum atomic E-state index is 0.626. The number of hydrogen-bond donors (Lipinski definition) is 0. The molecule has 0 aliphatic heterocycles. The largest absolute Gasteiger partial charge is 0.378 e. The average molecular weight is 963 g/mol. The first-order chi connectivity index (χ1) is 30.3. The van der Waals surface area contributed by atoms with Gasteiger partial charge in [0.05, 0.1) is 6.07 Å². The van der Waals surface area contributed by atoms with E-state index in [2.05, 4.69) is 276 Å². The molecular weight excluding hydrogens is 904 g/mol. The highest BCUT2D eigenvalue weighted by Crippen LogP contribution is 2.30. The summed E-state index contributed by atoms with van der Waals surface area (Å²) >= 11 is 7.08. The van der Waals surface area contributed by atoms with Crippen LogP contribution < -0.4 is 23.8 Å². The van der Waals surface area contributed by atoms with Gasteiger partial charge in [-0.25, -0.2) is 0 Å². The number of unbranched alkanes of at least 4 members (excludes halogenated alkanes) is 2. The van der Waals surface area contributed by atoms with Crippen LogP contribution in [0.15, 0.2) is 155 Å². The molecule has 320 valence electrons. The van der Waals surface area contributed by atoms with Crippen molar-refractivity contribution >= 4 is 61.1 Å². The van der Waals surface area contributed by atoms with E-state index in [1.165, 1.54) is 61.8 Å². The first kappa shape index (κ1) is 46.5. The van der Waals surface area contributed by atoms with Crippen LogP contribution in [0.5, 0.6) is 0 Å². The van der Waals surface area contributed by atoms with Crippen molar-refractivity contribution in [2.24, 2.45) is 14.1 Å². The lowest BCUT2D eigenvalue weighted by atomic mass is 10.0. The van der Waals surface area contributed by atoms with Gasteiger partial charge in [-0.15, -0.1) is 0 Å². The number of aryl methyl sites for hydroxylation is 1. The SMILES string of the molecule is CN(C)c1ccc(-c2cc(/C=C/c3ccc(N(C)CCCCC#N)cc3)[n+](C)c(-c3ccc(Br)cc3)c2)cc1.Cc1cc(-c2ccc(N(C)C)cc2)cc(-c2ccc(Br)cc2)[n+]1C. The minimum Gasteiger partial charge on any atom is -0.378 e. The number of benzene rings is 5. The smallest absolute Gasteiger partial charge is 0.213 e. The van der Waals surface area contributed by atoms with Crippen LogP contribution in [-0.4, -0.2) is 41.8 Å². The molecule has 8 heteroatoms. The van der Waals surface area contributed by atoms with Crippen LogP contribution in [0.3, 0.4) is 0 Å². The molecule has 0 radical (unpaired) electrons. The van der Waals surface area contributed by atoms with Gasteiger partial charge in [-0.3, -0.25) is 0 Å². The second-order valence-electron chi connectivity index (χ2n) is 16.3. The topological polar surface area (TPSA) is 41.3 Å². The molecule has 0 atom stereocenters. The Kier molecular flexibility index (Phi) is 16.1. The highest BCUT2D eigenvalue weighted by Gasteiger charge is 2.18. The van der Waals surface area contributed by atoms with Gasteiger partial charge in [0.1, 0.15) is 14.1 Å². The fourth-order valence-corrected chi connectivity index (χ4v) is 7.90. The first-order valence-electron chi connectivity index (χ1n) is 21.3. The zero-order valence-corrected chi connectivity index (χ0v) is 41.0. The maximum Gasteiger partial charge on any atom is 0.213 e. The van der Waals surface area contributed by atoms with Crippen LogP contribution in [-0.2, 0) is 14.1 Å². The summed E-state index contributed by atoms with van der Waals surface area (Å²) in [6, 6.07) is 54.3. The van der Waals surface area contributed by atoms with Gasteiger partial charge in [-0.1, -0.05) is 68.3 Å². The van der Waals surface area contributed by atoms with Crippen molar-refractivity contribution in [3.8, 4) is 50.8 Å². The van der Waals surface area contributed by atoms with Crippen LogP contribution in [0.25, 0.3) is 56.9 Å². The molecule has 7 rings (SSSR count). The summed E-state index contributed by atoms with van der Waals surface area (Å²) in [4.78, 5) is 6.49. The predicted molar refractivity (Wildman–Crippen MR) is 274 cm³/mol. The number of hydrogen-bond acceptors (Lipinski definition) is 4. The fourth-order valence-electron chi connectivity index (χ4n) is 7.37. The van der Waals surface area contributed by atoms with Crippen molar-refractivity contribution in [3.63, 3.8) is 0 Å². The number of halogens is 2. The third kappa shape index (κ3) is 12.3. The van der Waals surface area contributed by atoms with E-state index < -0.39 is 0 Å². The van der Waals surface area contributed by atoms with E-state index >= 15 is 0 Å². The standard InChI is InChI=1S/C34H36BrN4.C21H22BrN2/c1-37(2)31-20-13-27(14-21-31)29-24-33(39(4)34(25-29)28-11-15-30(35)16-12-28)19-10-26-8-17-32(18-9-26)38(3)23-7-5-6-22-36;1-15-13-18(16-7-11-20(12-8-16)23(2)3)14-21(24(15)4)17-5-9-19(22)10-6-17/h8-21,24-25H,5-7,23H2,1-4H3;5-14H,1-4H3/q2*+1. The maximum absolute atomic E-state index is 8.74. The zero-order chi connectivity index (χ0) is 45.0. The monoisotopic (exact) mass is 960 g/mol. The van der Waals surface area contributed by atoms with Gasteiger partial charge in [-0.2, -0.15) is 14.4 Å². The second kappa shape index (κ2) is 21.9. The lowest BCUT2D eigenvalue weighted by molar-refractivity contribution is -0.666. The molecule has 0 fully saturated rings. The van der Waals surface area contributed by atoms with Crippen LogP contribution in [0.1, 0.15) is 36.2 Å². The number of nitrogens with zero attached hydrogens (tertiary/aromatic N) is 6. The molecule has 0 spiro atoms. The third-order valence-electron chi connectivity index (χ3n) is 11.4. The number of anilines is 3. The molecule has 2 aromatic heterocycles. The number of pyridine rings is 2. The molecule has 0 unspecified atom stereocenters. The van der Waals surface area contributed by atoms with E-state index in [4.69, 9.17) is 5.26 Å². The Morgan fingerprint density at radius 2 is 0.952 bits per heavy atom. The van der Waals surface area contributed by atoms with Gasteiger partial charge in [0.25, 0.3) is 0 Å². The molecule has 2 heterocycles. The molecule has 6 nitrogen and oxygen atoms in total. The molecule has 0 bridgehead atoms. The van der Waals surface area contributed by atoms with Gasteiger partial charge >= 0.3 is 0 Å². The van der Waals surface area contributed by atoms with Crippen molar-refractivity contribution < 1.29 is 9.13 Å². The molecule has 0 aliphatic carbocycles. The van der Waals surface area contributed by atoms with Crippen molar-refractivity contribution in [3.05, 3.63) is 171 Å². The zero-order valence-electron chi connectivity index (χ0n) is 37.8. The third-order valence-corrected chi connectivity index (χ3v) is 12.5. The molecule has 0 saturated carbocycles. The Hall–Kier alpha value is -6.01. The van der Waals surface area contributed by atoms with E-state index in [1.54, 1.807) is 0 Å². The lowest BCUT2D eigenvalue weighted by Gasteiger charge is -2.19. The first-order valence-corrected chi connectivity index (χ1v) is 22.9. The van der Waals surface area contributed by atoms with E-state index in [0.29, 0.717) is 6.42 Å². The highest BCUT2D eigenvalue weighted by molar-refractivity contribution is 9.10. The second-order valence-corrected chi connectivity index (χ2v) is 18.1. The normalized spacial score (nSPS) is 10.9. The van der Waals surface area contributed by atoms with Gasteiger partial charge in [0, 0.05) is 123 Å². The molecule has 0 amide bonds. The van der Waals surface area contributed by atoms with Crippen molar-refractivity contribution in [1.29, 1.82) is 5.26 Å². The summed E-state index contributed by atoms with van der Waals surface area (Å²) in [6.07, 6.45) is 6.97. The van der Waals surface area contributed by atoms with Crippen LogP contribution in [0.4, 0.5) is 17.1 Å². The predicted octanol–water partition coefficient (Wildman–Crippen LogP) is 13.0. The molecule has 0 saturated heterocycles. The van der Waals surface area contributed by atoms with Gasteiger partial charge in [0.15, 0.2) is 5.69 Å². The van der Waals surface area contributed by atoms with E-state index in [9.17, 15) is 0 Å². The summed E-state index contributed by atoms with van der Waals surface area (Å²) in [6.45, 7) is 3.11. The quantitative estimate of drug-likeness (QED) is 0.0853. The Labute approximate surface area is 392 Å². The Bertz CT molecular complexity index is 2660. The van der Waals surface area contributed by atoms with Crippen molar-refractivity contribution in [2.45, 2.75) is 26.2 Å². The summed E-state index contributed by atoms with van der Waals surface area (Å²) in [7, 11) is 14.6. The van der Waals surface area contributed by atoms with E-state index in [0.717, 1.165) is 45.3 Å². The summed E-state index contributed by atoms with van der Waals surface area (Å²) < 4.78 is 6.66. The Morgan fingerprint density at radius 3 is 1.43 bits per heavy atom. The average Bonchev–Trinajstić information content (AvgIpc) is 3.29. The summed E-state index contributed by atoms with van der Waals surface area (Å²) in [5.41, 5.74) is 16.7.